The van der Waals surface area contributed by atoms with E-state index in [-0.39, 0.29) is 11.9 Å². The minimum Gasteiger partial charge on any atom is -0.349 e. The first-order chi connectivity index (χ1) is 9.51. The molecule has 1 aliphatic heterocycles. The molecule has 1 saturated heterocycles. The van der Waals surface area contributed by atoms with Crippen LogP contribution < -0.4 is 16.6 Å². The van der Waals surface area contributed by atoms with Crippen LogP contribution in [-0.2, 0) is 0 Å². The fraction of sp³-hybridized carbons (Fsp3) is 0.571. The molecule has 0 radical (unpaired) electrons. The Morgan fingerprint density at radius 3 is 2.95 bits per heavy atom. The quantitative estimate of drug-likeness (QED) is 0.561. The van der Waals surface area contributed by atoms with Crippen LogP contribution >= 0.6 is 0 Å². The van der Waals surface area contributed by atoms with Crippen molar-refractivity contribution < 1.29 is 4.79 Å². The van der Waals surface area contributed by atoms with Crippen LogP contribution in [0.3, 0.4) is 0 Å². The summed E-state index contributed by atoms with van der Waals surface area (Å²) in [7, 11) is 2.11. The second-order valence-corrected chi connectivity index (χ2v) is 5.62. The van der Waals surface area contributed by atoms with Crippen molar-refractivity contribution in [1.82, 2.24) is 15.2 Å². The van der Waals surface area contributed by atoms with Crippen molar-refractivity contribution >= 4 is 11.6 Å². The highest BCUT2D eigenvalue weighted by molar-refractivity contribution is 5.99. The lowest BCUT2D eigenvalue weighted by atomic mass is 9.94. The molecule has 2 rings (SSSR count). The molecule has 20 heavy (non-hydrogen) atoms. The number of amides is 1. The monoisotopic (exact) mass is 277 g/mol. The maximum atomic E-state index is 12.4. The molecule has 1 aliphatic rings. The number of nitrogens with zero attached hydrogens (tertiary/aromatic N) is 2. The number of anilines is 1. The first-order valence-corrected chi connectivity index (χ1v) is 6.94. The molecular weight excluding hydrogens is 254 g/mol. The minimum absolute atomic E-state index is 0.119. The van der Waals surface area contributed by atoms with Crippen molar-refractivity contribution in [2.75, 3.05) is 25.6 Å². The number of hydrazine groups is 1. The summed E-state index contributed by atoms with van der Waals surface area (Å²) in [5, 5.41) is 3.10. The predicted octanol–water partition coefficient (Wildman–Crippen LogP) is 0.746. The van der Waals surface area contributed by atoms with E-state index >= 15 is 0 Å². The molecule has 4 N–H and O–H groups in total. The van der Waals surface area contributed by atoms with Gasteiger partial charge in [-0.25, -0.2) is 0 Å². The van der Waals surface area contributed by atoms with Crippen LogP contribution in [0.25, 0.3) is 0 Å². The highest BCUT2D eigenvalue weighted by Gasteiger charge is 2.26. The predicted molar refractivity (Wildman–Crippen MR) is 79.3 cm³/mol. The van der Waals surface area contributed by atoms with Gasteiger partial charge < -0.3 is 15.6 Å². The van der Waals surface area contributed by atoms with Crippen molar-refractivity contribution in [3.8, 4) is 0 Å². The maximum absolute atomic E-state index is 12.4. The number of rotatable bonds is 3. The van der Waals surface area contributed by atoms with Gasteiger partial charge >= 0.3 is 0 Å². The molecule has 110 valence electrons. The van der Waals surface area contributed by atoms with E-state index in [1.807, 2.05) is 6.92 Å². The summed E-state index contributed by atoms with van der Waals surface area (Å²) in [6.45, 7) is 6.03. The van der Waals surface area contributed by atoms with E-state index in [0.717, 1.165) is 25.2 Å². The van der Waals surface area contributed by atoms with Crippen molar-refractivity contribution in [1.29, 1.82) is 0 Å². The number of carbonyl (C=O) groups is 1. The lowest BCUT2D eigenvalue weighted by molar-refractivity contribution is 0.0884. The number of nitrogens with one attached hydrogen (secondary N) is 2. The molecule has 1 aromatic heterocycles. The molecule has 1 fully saturated rings. The Bertz CT molecular complexity index is 490. The molecule has 6 nitrogen and oxygen atoms in total. The van der Waals surface area contributed by atoms with Gasteiger partial charge in [-0.05, 0) is 38.9 Å². The third kappa shape index (κ3) is 3.26. The van der Waals surface area contributed by atoms with Crippen LogP contribution in [-0.4, -0.2) is 42.0 Å². The number of hydrogen-bond acceptors (Lipinski definition) is 5. The third-order valence-electron chi connectivity index (χ3n) is 3.87. The summed E-state index contributed by atoms with van der Waals surface area (Å²) in [6, 6.07) is 1.97. The first kappa shape index (κ1) is 14.7. The van der Waals surface area contributed by atoms with E-state index < -0.39 is 0 Å². The first-order valence-electron chi connectivity index (χ1n) is 6.94. The van der Waals surface area contributed by atoms with Crippen LogP contribution in [0.1, 0.15) is 29.4 Å². The summed E-state index contributed by atoms with van der Waals surface area (Å²) in [5.41, 5.74) is 4.48. The number of aryl methyl sites for hydroxylation is 1. The van der Waals surface area contributed by atoms with E-state index in [1.54, 1.807) is 12.3 Å². The van der Waals surface area contributed by atoms with E-state index in [0.29, 0.717) is 17.2 Å². The Hall–Kier alpha value is -1.66. The molecule has 0 saturated carbocycles. The minimum atomic E-state index is -0.119. The van der Waals surface area contributed by atoms with Gasteiger partial charge in [0.2, 0.25) is 0 Å². The summed E-state index contributed by atoms with van der Waals surface area (Å²) >= 11 is 0. The number of nitrogen functional groups attached to an aromatic ring is 1. The fourth-order valence-corrected chi connectivity index (χ4v) is 2.67. The standard InChI is InChI=1S/C14H23N5O/c1-9-8-19(3)5-4-12(9)17-14(20)11-7-16-10(2)6-13(11)18-15/h6-7,9,12H,4-5,8,15H2,1-3H3,(H,16,18)(H,17,20). The van der Waals surface area contributed by atoms with Gasteiger partial charge in [-0.2, -0.15) is 0 Å². The van der Waals surface area contributed by atoms with Crippen LogP contribution in [0.15, 0.2) is 12.3 Å². The highest BCUT2D eigenvalue weighted by atomic mass is 16.1. The number of carbonyl (C=O) groups excluding carboxylic acids is 1. The number of piperidine rings is 1. The molecule has 2 heterocycles. The number of likely N-dealkylation sites (tertiary alicyclic amines) is 1. The van der Waals surface area contributed by atoms with Crippen molar-refractivity contribution in [2.45, 2.75) is 26.3 Å². The number of pyridine rings is 1. The molecule has 1 aromatic rings. The number of nitrogens with two attached hydrogens (primary N) is 1. The Morgan fingerprint density at radius 2 is 2.30 bits per heavy atom. The highest BCUT2D eigenvalue weighted by Crippen LogP contribution is 2.18. The van der Waals surface area contributed by atoms with Crippen molar-refractivity contribution in [3.63, 3.8) is 0 Å². The third-order valence-corrected chi connectivity index (χ3v) is 3.87. The van der Waals surface area contributed by atoms with Gasteiger partial charge in [0.05, 0.1) is 11.3 Å². The molecule has 1 amide bonds. The molecule has 0 spiro atoms. The van der Waals surface area contributed by atoms with Gasteiger partial charge in [0.25, 0.3) is 5.91 Å². The summed E-state index contributed by atoms with van der Waals surface area (Å²) < 4.78 is 0. The van der Waals surface area contributed by atoms with Crippen LogP contribution in [0.4, 0.5) is 5.69 Å². The van der Waals surface area contributed by atoms with Crippen LogP contribution in [0.2, 0.25) is 0 Å². The summed E-state index contributed by atoms with van der Waals surface area (Å²) in [4.78, 5) is 18.8. The zero-order valence-corrected chi connectivity index (χ0v) is 12.3. The van der Waals surface area contributed by atoms with Crippen LogP contribution in [0, 0.1) is 12.8 Å². The SMILES string of the molecule is Cc1cc(NN)c(C(=O)NC2CCN(C)CC2C)cn1. The van der Waals surface area contributed by atoms with Crippen molar-refractivity contribution in [2.24, 2.45) is 11.8 Å². The molecule has 0 aliphatic carbocycles. The Labute approximate surface area is 119 Å². The maximum Gasteiger partial charge on any atom is 0.255 e. The summed E-state index contributed by atoms with van der Waals surface area (Å²) in [5.74, 6) is 5.79. The zero-order valence-electron chi connectivity index (χ0n) is 12.3. The largest absolute Gasteiger partial charge is 0.349 e. The van der Waals surface area contributed by atoms with Crippen LogP contribution in [0.5, 0.6) is 0 Å². The summed E-state index contributed by atoms with van der Waals surface area (Å²) in [6.07, 6.45) is 2.54. The topological polar surface area (TPSA) is 83.3 Å². The van der Waals surface area contributed by atoms with E-state index in [9.17, 15) is 4.79 Å². The van der Waals surface area contributed by atoms with E-state index in [4.69, 9.17) is 5.84 Å². The van der Waals surface area contributed by atoms with E-state index in [2.05, 4.69) is 34.6 Å². The van der Waals surface area contributed by atoms with E-state index in [1.165, 1.54) is 0 Å². The molecular formula is C14H23N5O. The molecule has 2 atom stereocenters. The van der Waals surface area contributed by atoms with Crippen molar-refractivity contribution in [3.05, 3.63) is 23.5 Å². The lowest BCUT2D eigenvalue weighted by Crippen LogP contribution is -2.49. The number of aromatic nitrogens is 1. The molecule has 0 aromatic carbocycles. The average molecular weight is 277 g/mol. The second kappa shape index (κ2) is 6.19. The fourth-order valence-electron chi connectivity index (χ4n) is 2.67. The molecule has 0 bridgehead atoms. The second-order valence-electron chi connectivity index (χ2n) is 5.62. The smallest absolute Gasteiger partial charge is 0.255 e. The normalized spacial score (nSPS) is 23.4. The Balaban J connectivity index is 2.08. The molecule has 2 unspecified atom stereocenters. The van der Waals surface area contributed by atoms with Gasteiger partial charge in [-0.3, -0.25) is 15.6 Å². The van der Waals surface area contributed by atoms with Gasteiger partial charge in [0.1, 0.15) is 0 Å². The Morgan fingerprint density at radius 1 is 1.55 bits per heavy atom. The Kier molecular flexibility index (Phi) is 4.57. The van der Waals surface area contributed by atoms with Gasteiger partial charge in [-0.1, -0.05) is 6.92 Å². The van der Waals surface area contributed by atoms with Gasteiger partial charge in [0.15, 0.2) is 0 Å². The molecule has 6 heteroatoms. The van der Waals surface area contributed by atoms with Gasteiger partial charge in [0, 0.05) is 24.5 Å². The zero-order chi connectivity index (χ0) is 14.7. The lowest BCUT2D eigenvalue weighted by Gasteiger charge is -2.35. The van der Waals surface area contributed by atoms with Gasteiger partial charge in [-0.15, -0.1) is 0 Å². The average Bonchev–Trinajstić information content (AvgIpc) is 2.41. The number of hydrogen-bond donors (Lipinski definition) is 3.